The van der Waals surface area contributed by atoms with Crippen molar-refractivity contribution in [1.82, 2.24) is 0 Å². The molecule has 39 heavy (non-hydrogen) atoms. The summed E-state index contributed by atoms with van der Waals surface area (Å²) in [6.07, 6.45) is 4.02. The van der Waals surface area contributed by atoms with Crippen LogP contribution in [0.2, 0.25) is 0 Å². The summed E-state index contributed by atoms with van der Waals surface area (Å²) in [6.45, 7) is 7.96. The van der Waals surface area contributed by atoms with Crippen LogP contribution >= 0.6 is 0 Å². The van der Waals surface area contributed by atoms with Crippen molar-refractivity contribution in [2.75, 3.05) is 13.2 Å². The van der Waals surface area contributed by atoms with Crippen molar-refractivity contribution in [2.24, 2.45) is 29.6 Å². The molecule has 208 valence electrons. The molecule has 3 N–H and O–H groups in total. The van der Waals surface area contributed by atoms with Gasteiger partial charge in [0.25, 0.3) is 0 Å². The number of carboxylic acid groups (broad SMARTS) is 1. The normalized spacial score (nSPS) is 28.1. The fourth-order valence-corrected chi connectivity index (χ4v) is 6.38. The molecular formula is C32H37FO6. The predicted octanol–water partition coefficient (Wildman–Crippen LogP) is 5.22. The number of carboxylic acids is 1. The number of fused-ring (bicyclic) bond motifs is 3. The van der Waals surface area contributed by atoms with E-state index in [9.17, 15) is 19.4 Å². The molecule has 7 atom stereocenters. The molecule has 2 saturated carbocycles. The smallest absolute Gasteiger partial charge is 0.307 e. The second-order valence-electron chi connectivity index (χ2n) is 11.5. The van der Waals surface area contributed by atoms with E-state index in [1.807, 2.05) is 32.0 Å². The number of aryl methyl sites for hydroxylation is 2. The summed E-state index contributed by atoms with van der Waals surface area (Å²) in [5.41, 5.74) is 6.62. The molecule has 0 saturated heterocycles. The van der Waals surface area contributed by atoms with Gasteiger partial charge in [-0.25, -0.2) is 4.39 Å². The lowest BCUT2D eigenvalue weighted by molar-refractivity contribution is -0.139. The first kappa shape index (κ1) is 27.6. The molecule has 0 radical (unpaired) electrons. The van der Waals surface area contributed by atoms with Crippen LogP contribution in [0, 0.1) is 49.3 Å². The van der Waals surface area contributed by atoms with Crippen molar-refractivity contribution in [2.45, 2.75) is 52.9 Å². The molecule has 0 spiro atoms. The maximum Gasteiger partial charge on any atom is 0.307 e. The highest BCUT2D eigenvalue weighted by Gasteiger charge is 2.61. The molecule has 0 aromatic heterocycles. The van der Waals surface area contributed by atoms with E-state index < -0.39 is 12.1 Å². The molecule has 2 fully saturated rings. The molecular weight excluding hydrogens is 499 g/mol. The van der Waals surface area contributed by atoms with Gasteiger partial charge >= 0.3 is 5.97 Å². The van der Waals surface area contributed by atoms with Crippen LogP contribution in [0.15, 0.2) is 53.6 Å². The van der Waals surface area contributed by atoms with Crippen molar-refractivity contribution in [3.63, 3.8) is 0 Å². The van der Waals surface area contributed by atoms with Crippen molar-refractivity contribution in [1.29, 1.82) is 0 Å². The van der Waals surface area contributed by atoms with Crippen LogP contribution in [0.25, 0.3) is 11.1 Å². The predicted molar refractivity (Wildman–Crippen MR) is 146 cm³/mol. The van der Waals surface area contributed by atoms with Crippen molar-refractivity contribution >= 4 is 5.97 Å². The highest BCUT2D eigenvalue weighted by atomic mass is 19.1. The van der Waals surface area contributed by atoms with Gasteiger partial charge in [0.1, 0.15) is 24.3 Å². The summed E-state index contributed by atoms with van der Waals surface area (Å²) in [4.78, 5) is 11.6. The van der Waals surface area contributed by atoms with Crippen LogP contribution in [0.5, 0.6) is 5.75 Å². The summed E-state index contributed by atoms with van der Waals surface area (Å²) >= 11 is 0. The Labute approximate surface area is 228 Å². The van der Waals surface area contributed by atoms with Crippen molar-refractivity contribution < 1.29 is 34.0 Å². The van der Waals surface area contributed by atoms with E-state index in [1.165, 1.54) is 17.2 Å². The number of aliphatic carboxylic acids is 1. The minimum absolute atomic E-state index is 0.000402. The average Bonchev–Trinajstić information content (AvgIpc) is 3.54. The molecule has 0 heterocycles. The number of aliphatic hydroxyl groups excluding tert-OH is 2. The minimum Gasteiger partial charge on any atom is -0.491 e. The summed E-state index contributed by atoms with van der Waals surface area (Å²) in [5, 5.41) is 28.1. The first-order valence-corrected chi connectivity index (χ1v) is 13.7. The second-order valence-corrected chi connectivity index (χ2v) is 11.5. The summed E-state index contributed by atoms with van der Waals surface area (Å²) in [5.74, 6) is 0.0218. The highest BCUT2D eigenvalue weighted by Crippen LogP contribution is 2.63. The largest absolute Gasteiger partial charge is 0.491 e. The third kappa shape index (κ3) is 5.40. The SMILES string of the molecule is Cc1cc(OCC(O)CO)cc(C)c1-c1ccc(F)c(COC2C=C3CC4C(C(=O)O)C4C3=CC(C)C2C)c1. The zero-order chi connectivity index (χ0) is 28.0. The van der Waals surface area contributed by atoms with Crippen LogP contribution < -0.4 is 4.74 Å². The van der Waals surface area contributed by atoms with Gasteiger partial charge in [0, 0.05) is 11.5 Å². The van der Waals surface area contributed by atoms with Crippen molar-refractivity contribution in [3.8, 4) is 16.9 Å². The van der Waals surface area contributed by atoms with Gasteiger partial charge in [-0.05, 0) is 95.7 Å². The molecule has 0 aliphatic heterocycles. The number of allylic oxidation sites excluding steroid dienone is 3. The molecule has 6 nitrogen and oxygen atoms in total. The number of benzene rings is 2. The zero-order valence-corrected chi connectivity index (χ0v) is 22.9. The van der Waals surface area contributed by atoms with Crippen LogP contribution in [-0.4, -0.2) is 46.7 Å². The van der Waals surface area contributed by atoms with Crippen LogP contribution in [0.4, 0.5) is 4.39 Å². The third-order valence-corrected chi connectivity index (χ3v) is 8.72. The average molecular weight is 537 g/mol. The van der Waals surface area contributed by atoms with Gasteiger partial charge in [-0.1, -0.05) is 32.1 Å². The van der Waals surface area contributed by atoms with E-state index in [0.29, 0.717) is 11.3 Å². The van der Waals surface area contributed by atoms with Gasteiger partial charge in [-0.3, -0.25) is 4.79 Å². The summed E-state index contributed by atoms with van der Waals surface area (Å²) in [7, 11) is 0. The lowest BCUT2D eigenvalue weighted by Crippen LogP contribution is -2.24. The quantitative estimate of drug-likeness (QED) is 0.407. The Kier molecular flexibility index (Phi) is 7.68. The van der Waals surface area contributed by atoms with E-state index in [0.717, 1.165) is 28.7 Å². The molecule has 3 aliphatic carbocycles. The molecule has 5 rings (SSSR count). The molecule has 0 bridgehead atoms. The Morgan fingerprint density at radius 1 is 1.13 bits per heavy atom. The number of carbonyl (C=O) groups is 1. The van der Waals surface area contributed by atoms with E-state index in [-0.39, 0.29) is 61.3 Å². The highest BCUT2D eigenvalue weighted by molar-refractivity contribution is 5.77. The van der Waals surface area contributed by atoms with E-state index in [2.05, 4.69) is 26.0 Å². The summed E-state index contributed by atoms with van der Waals surface area (Å²) in [6, 6.07) is 8.83. The van der Waals surface area contributed by atoms with E-state index >= 15 is 0 Å². The molecule has 7 heteroatoms. The minimum atomic E-state index is -0.942. The second kappa shape index (κ2) is 10.9. The first-order chi connectivity index (χ1) is 18.6. The van der Waals surface area contributed by atoms with Crippen LogP contribution in [0.3, 0.4) is 0 Å². The molecule has 0 amide bonds. The van der Waals surface area contributed by atoms with Gasteiger partial charge in [0.2, 0.25) is 0 Å². The first-order valence-electron chi connectivity index (χ1n) is 13.7. The van der Waals surface area contributed by atoms with Gasteiger partial charge in [0.15, 0.2) is 0 Å². The molecule has 2 aromatic carbocycles. The van der Waals surface area contributed by atoms with Gasteiger partial charge in [-0.2, -0.15) is 0 Å². The van der Waals surface area contributed by atoms with Crippen molar-refractivity contribution in [3.05, 3.63) is 76.1 Å². The van der Waals surface area contributed by atoms with Gasteiger partial charge in [-0.15, -0.1) is 0 Å². The Hall–Kier alpha value is -3.00. The third-order valence-electron chi connectivity index (χ3n) is 8.72. The lowest BCUT2D eigenvalue weighted by atomic mass is 9.90. The number of aliphatic hydroxyl groups is 2. The zero-order valence-electron chi connectivity index (χ0n) is 22.9. The lowest BCUT2D eigenvalue weighted by Gasteiger charge is -2.24. The monoisotopic (exact) mass is 536 g/mol. The number of hydrogen-bond donors (Lipinski definition) is 3. The number of rotatable bonds is 9. The molecule has 2 aromatic rings. The number of hydrogen-bond acceptors (Lipinski definition) is 5. The Morgan fingerprint density at radius 2 is 1.85 bits per heavy atom. The van der Waals surface area contributed by atoms with Crippen LogP contribution in [0.1, 0.15) is 37.0 Å². The van der Waals surface area contributed by atoms with E-state index in [1.54, 1.807) is 6.07 Å². The van der Waals surface area contributed by atoms with Gasteiger partial charge < -0.3 is 24.8 Å². The fourth-order valence-electron chi connectivity index (χ4n) is 6.38. The number of ether oxygens (including phenoxy) is 2. The Morgan fingerprint density at radius 3 is 2.51 bits per heavy atom. The standard InChI is InChI=1S/C32H37FO6/c1-16-9-25-21(11-26-30(25)31(26)32(36)37)12-28(19(16)4)39-14-22-10-20(5-6-27(22)33)29-17(2)7-24(8-18(29)3)38-15-23(35)13-34/h5-10,12,16,19,23,26,28,30-31,34-35H,11,13-15H2,1-4H3,(H,36,37). The van der Waals surface area contributed by atoms with Gasteiger partial charge in [0.05, 0.1) is 25.2 Å². The Balaban J connectivity index is 1.33. The Bertz CT molecular complexity index is 1310. The fraction of sp³-hybridized carbons (Fsp3) is 0.469. The number of halogens is 1. The topological polar surface area (TPSA) is 96.2 Å². The van der Waals surface area contributed by atoms with Crippen LogP contribution in [-0.2, 0) is 16.1 Å². The maximum atomic E-state index is 14.9. The molecule has 7 unspecified atom stereocenters. The van der Waals surface area contributed by atoms with E-state index in [4.69, 9.17) is 14.6 Å². The summed E-state index contributed by atoms with van der Waals surface area (Å²) < 4.78 is 26.9. The maximum absolute atomic E-state index is 14.9. The molecule has 3 aliphatic rings.